The fourth-order valence-electron chi connectivity index (χ4n) is 2.01. The largest absolute Gasteiger partial charge is 0.321 e. The van der Waals surface area contributed by atoms with E-state index < -0.39 is 0 Å². The van der Waals surface area contributed by atoms with Crippen LogP contribution in [0.1, 0.15) is 25.9 Å². The second kappa shape index (κ2) is 7.01. The first kappa shape index (κ1) is 15.8. The van der Waals surface area contributed by atoms with Crippen molar-refractivity contribution >= 4 is 34.5 Å². The van der Waals surface area contributed by atoms with E-state index >= 15 is 0 Å². The third kappa shape index (κ3) is 3.82. The number of benzene rings is 1. The van der Waals surface area contributed by atoms with Gasteiger partial charge >= 0.3 is 0 Å². The summed E-state index contributed by atoms with van der Waals surface area (Å²) in [5, 5.41) is 8.04. The van der Waals surface area contributed by atoms with E-state index in [9.17, 15) is 9.59 Å². The van der Waals surface area contributed by atoms with E-state index in [2.05, 4.69) is 20.6 Å². The molecule has 2 amide bonds. The minimum atomic E-state index is -0.271. The monoisotopic (exact) mass is 338 g/mol. The highest BCUT2D eigenvalue weighted by molar-refractivity contribution is 7.09. The van der Waals surface area contributed by atoms with E-state index in [1.807, 2.05) is 6.92 Å². The van der Waals surface area contributed by atoms with Gasteiger partial charge in [-0.15, -0.1) is 11.3 Å². The van der Waals surface area contributed by atoms with Gasteiger partial charge < -0.3 is 10.6 Å². The van der Waals surface area contributed by atoms with E-state index in [1.165, 1.54) is 11.3 Å². The summed E-state index contributed by atoms with van der Waals surface area (Å²) in [4.78, 5) is 32.2. The summed E-state index contributed by atoms with van der Waals surface area (Å²) in [6.07, 6.45) is 3.21. The molecule has 3 rings (SSSR count). The Bertz CT molecular complexity index is 860. The summed E-state index contributed by atoms with van der Waals surface area (Å²) in [5.41, 5.74) is 2.10. The van der Waals surface area contributed by atoms with Gasteiger partial charge in [0.2, 0.25) is 0 Å². The number of thiazole rings is 1. The lowest BCUT2D eigenvalue weighted by molar-refractivity contribution is 0.101. The quantitative estimate of drug-likeness (QED) is 0.764. The van der Waals surface area contributed by atoms with E-state index in [-0.39, 0.29) is 11.8 Å². The van der Waals surface area contributed by atoms with Gasteiger partial charge in [0.25, 0.3) is 11.8 Å². The van der Waals surface area contributed by atoms with E-state index in [0.29, 0.717) is 22.6 Å². The number of nitrogens with zero attached hydrogens (tertiary/aromatic N) is 2. The van der Waals surface area contributed by atoms with Crippen molar-refractivity contribution in [1.82, 2.24) is 9.97 Å². The molecular weight excluding hydrogens is 324 g/mol. The third-order valence-electron chi connectivity index (χ3n) is 3.18. The number of pyridine rings is 1. The van der Waals surface area contributed by atoms with Crippen LogP contribution in [0.2, 0.25) is 0 Å². The lowest BCUT2D eigenvalue weighted by Crippen LogP contribution is -2.14. The average Bonchev–Trinajstić information content (AvgIpc) is 3.03. The van der Waals surface area contributed by atoms with Crippen LogP contribution in [0.4, 0.5) is 11.4 Å². The number of nitrogens with one attached hydrogen (secondary N) is 2. The van der Waals surface area contributed by atoms with Crippen molar-refractivity contribution in [2.75, 3.05) is 10.6 Å². The SMILES string of the molecule is Cc1nc(C(=O)Nc2ccc(C(=O)Nc3cccnc3)cc2)cs1. The molecule has 0 spiro atoms. The molecular formula is C17H14N4O2S. The number of hydrogen-bond donors (Lipinski definition) is 2. The Labute approximate surface area is 142 Å². The number of carbonyl (C=O) groups excluding carboxylic acids is 2. The standard InChI is InChI=1S/C17H14N4O2S/c1-11-19-15(10-24-11)17(23)20-13-6-4-12(5-7-13)16(22)21-14-3-2-8-18-9-14/h2-10H,1H3,(H,20,23)(H,21,22). The fraction of sp³-hybridized carbons (Fsp3) is 0.0588. The van der Waals surface area contributed by atoms with Gasteiger partial charge in [-0.25, -0.2) is 4.98 Å². The summed E-state index contributed by atoms with van der Waals surface area (Å²) in [6, 6.07) is 10.1. The molecule has 0 radical (unpaired) electrons. The molecule has 24 heavy (non-hydrogen) atoms. The normalized spacial score (nSPS) is 10.2. The Morgan fingerprint density at radius 1 is 1.00 bits per heavy atom. The van der Waals surface area contributed by atoms with Crippen molar-refractivity contribution in [3.8, 4) is 0 Å². The lowest BCUT2D eigenvalue weighted by Gasteiger charge is -2.06. The first-order chi connectivity index (χ1) is 11.6. The molecule has 2 N–H and O–H groups in total. The molecule has 6 nitrogen and oxygen atoms in total. The van der Waals surface area contributed by atoms with E-state index in [4.69, 9.17) is 0 Å². The Morgan fingerprint density at radius 2 is 1.75 bits per heavy atom. The van der Waals surface area contributed by atoms with Crippen LogP contribution in [0.3, 0.4) is 0 Å². The molecule has 0 aliphatic heterocycles. The van der Waals surface area contributed by atoms with E-state index in [1.54, 1.807) is 54.2 Å². The first-order valence-corrected chi connectivity index (χ1v) is 8.05. The second-order valence-electron chi connectivity index (χ2n) is 4.98. The van der Waals surface area contributed by atoms with Gasteiger partial charge in [-0.2, -0.15) is 0 Å². The highest BCUT2D eigenvalue weighted by Gasteiger charge is 2.10. The zero-order chi connectivity index (χ0) is 16.9. The molecule has 0 unspecified atom stereocenters. The maximum absolute atomic E-state index is 12.1. The predicted octanol–water partition coefficient (Wildman–Crippen LogP) is 3.35. The van der Waals surface area contributed by atoms with Crippen molar-refractivity contribution in [2.24, 2.45) is 0 Å². The predicted molar refractivity (Wildman–Crippen MR) is 93.4 cm³/mol. The van der Waals surface area contributed by atoms with Crippen LogP contribution < -0.4 is 10.6 Å². The van der Waals surface area contributed by atoms with Crippen molar-refractivity contribution in [3.63, 3.8) is 0 Å². The number of anilines is 2. The number of aryl methyl sites for hydroxylation is 1. The maximum atomic E-state index is 12.1. The molecule has 0 fully saturated rings. The highest BCUT2D eigenvalue weighted by atomic mass is 32.1. The minimum absolute atomic E-state index is 0.240. The molecule has 0 aliphatic carbocycles. The van der Waals surface area contributed by atoms with Crippen LogP contribution in [-0.4, -0.2) is 21.8 Å². The highest BCUT2D eigenvalue weighted by Crippen LogP contribution is 2.14. The number of rotatable bonds is 4. The molecule has 0 aliphatic rings. The third-order valence-corrected chi connectivity index (χ3v) is 3.95. The van der Waals surface area contributed by atoms with Gasteiger partial charge in [-0.05, 0) is 43.3 Å². The van der Waals surface area contributed by atoms with Gasteiger partial charge in [0.05, 0.1) is 16.9 Å². The van der Waals surface area contributed by atoms with Gasteiger partial charge in [0.15, 0.2) is 0 Å². The Balaban J connectivity index is 1.64. The first-order valence-electron chi connectivity index (χ1n) is 7.17. The molecule has 2 heterocycles. The molecule has 0 bridgehead atoms. The number of hydrogen-bond acceptors (Lipinski definition) is 5. The maximum Gasteiger partial charge on any atom is 0.275 e. The van der Waals surface area contributed by atoms with E-state index in [0.717, 1.165) is 5.01 Å². The molecule has 3 aromatic rings. The smallest absolute Gasteiger partial charge is 0.275 e. The van der Waals surface area contributed by atoms with Crippen molar-refractivity contribution in [2.45, 2.75) is 6.92 Å². The minimum Gasteiger partial charge on any atom is -0.321 e. The van der Waals surface area contributed by atoms with Gasteiger partial charge in [-0.1, -0.05) is 0 Å². The average molecular weight is 338 g/mol. The topological polar surface area (TPSA) is 84.0 Å². The zero-order valence-corrected chi connectivity index (χ0v) is 13.6. The van der Waals surface area contributed by atoms with Gasteiger partial charge in [0.1, 0.15) is 5.69 Å². The van der Waals surface area contributed by atoms with Crippen LogP contribution in [0.25, 0.3) is 0 Å². The molecule has 120 valence electrons. The summed E-state index contributed by atoms with van der Waals surface area (Å²) < 4.78 is 0. The number of carbonyl (C=O) groups is 2. The van der Waals surface area contributed by atoms with Crippen molar-refractivity contribution < 1.29 is 9.59 Å². The summed E-state index contributed by atoms with van der Waals surface area (Å²) in [5.74, 6) is -0.511. The summed E-state index contributed by atoms with van der Waals surface area (Å²) in [7, 11) is 0. The summed E-state index contributed by atoms with van der Waals surface area (Å²) in [6.45, 7) is 1.84. The lowest BCUT2D eigenvalue weighted by atomic mass is 10.2. The van der Waals surface area contributed by atoms with Crippen LogP contribution in [0.15, 0.2) is 54.2 Å². The Hall–Kier alpha value is -3.06. The molecule has 7 heteroatoms. The zero-order valence-electron chi connectivity index (χ0n) is 12.8. The Kier molecular flexibility index (Phi) is 4.62. The molecule has 0 atom stereocenters. The summed E-state index contributed by atoms with van der Waals surface area (Å²) >= 11 is 1.42. The van der Waals surface area contributed by atoms with Crippen LogP contribution >= 0.6 is 11.3 Å². The van der Waals surface area contributed by atoms with Crippen molar-refractivity contribution in [3.05, 3.63) is 70.4 Å². The second-order valence-corrected chi connectivity index (χ2v) is 6.04. The number of aromatic nitrogens is 2. The fourth-order valence-corrected chi connectivity index (χ4v) is 2.60. The van der Waals surface area contributed by atoms with Gasteiger partial charge in [0, 0.05) is 22.8 Å². The molecule has 0 saturated carbocycles. The Morgan fingerprint density at radius 3 is 2.38 bits per heavy atom. The molecule has 2 aromatic heterocycles. The van der Waals surface area contributed by atoms with Crippen LogP contribution in [0.5, 0.6) is 0 Å². The van der Waals surface area contributed by atoms with Gasteiger partial charge in [-0.3, -0.25) is 14.6 Å². The van der Waals surface area contributed by atoms with Crippen LogP contribution in [-0.2, 0) is 0 Å². The molecule has 1 aromatic carbocycles. The number of amides is 2. The molecule has 0 saturated heterocycles. The van der Waals surface area contributed by atoms with Crippen molar-refractivity contribution in [1.29, 1.82) is 0 Å². The van der Waals surface area contributed by atoms with Crippen LogP contribution in [0, 0.1) is 6.92 Å².